The van der Waals surface area contributed by atoms with Crippen LogP contribution in [0.5, 0.6) is 0 Å². The highest BCUT2D eigenvalue weighted by molar-refractivity contribution is 5.34. The molecule has 0 amide bonds. The van der Waals surface area contributed by atoms with Gasteiger partial charge in [-0.25, -0.2) is 0 Å². The highest BCUT2D eigenvalue weighted by atomic mass is 16.6. The number of hydrogen-bond acceptors (Lipinski definition) is 4. The second-order valence-corrected chi connectivity index (χ2v) is 3.89. The Labute approximate surface area is 104 Å². The van der Waals surface area contributed by atoms with Gasteiger partial charge in [0, 0.05) is 30.4 Å². The van der Waals surface area contributed by atoms with Crippen LogP contribution in [0.15, 0.2) is 48.7 Å². The molecule has 2 aromatic rings. The van der Waals surface area contributed by atoms with E-state index in [1.54, 1.807) is 18.3 Å². The Hall–Kier alpha value is -2.27. The number of nitro benzene ring substituents is 1. The molecule has 1 aromatic heterocycles. The van der Waals surface area contributed by atoms with Gasteiger partial charge in [-0.15, -0.1) is 0 Å². The number of benzene rings is 1. The molecule has 1 aromatic carbocycles. The Morgan fingerprint density at radius 1 is 1.22 bits per heavy atom. The van der Waals surface area contributed by atoms with Gasteiger partial charge in [-0.3, -0.25) is 15.1 Å². The van der Waals surface area contributed by atoms with E-state index in [1.807, 2.05) is 18.2 Å². The van der Waals surface area contributed by atoms with Crippen LogP contribution in [-0.2, 0) is 6.42 Å². The molecule has 0 radical (unpaired) electrons. The zero-order chi connectivity index (χ0) is 13.0. The Morgan fingerprint density at radius 3 is 2.50 bits per heavy atom. The van der Waals surface area contributed by atoms with Crippen LogP contribution in [0, 0.1) is 10.1 Å². The van der Waals surface area contributed by atoms with E-state index >= 15 is 0 Å². The Morgan fingerprint density at radius 2 is 1.94 bits per heavy atom. The van der Waals surface area contributed by atoms with Crippen molar-refractivity contribution < 1.29 is 10.0 Å². The van der Waals surface area contributed by atoms with Gasteiger partial charge < -0.3 is 5.11 Å². The maximum atomic E-state index is 10.5. The summed E-state index contributed by atoms with van der Waals surface area (Å²) in [7, 11) is 0. The molecule has 0 aliphatic heterocycles. The van der Waals surface area contributed by atoms with Crippen LogP contribution in [0.2, 0.25) is 0 Å². The maximum Gasteiger partial charge on any atom is 0.269 e. The number of rotatable bonds is 4. The van der Waals surface area contributed by atoms with Gasteiger partial charge in [0.1, 0.15) is 0 Å². The van der Waals surface area contributed by atoms with Gasteiger partial charge in [-0.05, 0) is 29.8 Å². The standard InChI is InChI=1S/C13H12N2O3/c16-13(9-11-3-1-2-8-14-11)10-4-6-12(7-5-10)15(17)18/h1-8,13,16H,9H2. The van der Waals surface area contributed by atoms with E-state index in [2.05, 4.69) is 4.98 Å². The minimum absolute atomic E-state index is 0.0174. The fourth-order valence-corrected chi connectivity index (χ4v) is 1.65. The second kappa shape index (κ2) is 5.37. The quantitative estimate of drug-likeness (QED) is 0.661. The van der Waals surface area contributed by atoms with E-state index < -0.39 is 11.0 Å². The number of aromatic nitrogens is 1. The van der Waals surface area contributed by atoms with Crippen LogP contribution in [0.1, 0.15) is 17.4 Å². The molecule has 0 saturated carbocycles. The summed E-state index contributed by atoms with van der Waals surface area (Å²) in [5.41, 5.74) is 1.44. The van der Waals surface area contributed by atoms with Gasteiger partial charge in [-0.1, -0.05) is 6.07 Å². The number of nitro groups is 1. The third-order valence-electron chi connectivity index (χ3n) is 2.62. The summed E-state index contributed by atoms with van der Waals surface area (Å²) in [5, 5.41) is 20.5. The zero-order valence-corrected chi connectivity index (χ0v) is 9.56. The number of hydrogen-bond donors (Lipinski definition) is 1. The normalized spacial score (nSPS) is 12.1. The van der Waals surface area contributed by atoms with Crippen molar-refractivity contribution in [3.8, 4) is 0 Å². The van der Waals surface area contributed by atoms with E-state index in [0.29, 0.717) is 12.0 Å². The van der Waals surface area contributed by atoms with Crippen molar-refractivity contribution in [3.05, 3.63) is 70.0 Å². The van der Waals surface area contributed by atoms with Crippen molar-refractivity contribution in [3.63, 3.8) is 0 Å². The van der Waals surface area contributed by atoms with E-state index in [1.165, 1.54) is 12.1 Å². The summed E-state index contributed by atoms with van der Waals surface area (Å²) in [4.78, 5) is 14.2. The molecule has 1 N–H and O–H groups in total. The summed E-state index contributed by atoms with van der Waals surface area (Å²) < 4.78 is 0. The molecule has 5 nitrogen and oxygen atoms in total. The van der Waals surface area contributed by atoms with Crippen LogP contribution in [0.4, 0.5) is 5.69 Å². The summed E-state index contributed by atoms with van der Waals surface area (Å²) in [6.45, 7) is 0. The highest BCUT2D eigenvalue weighted by Gasteiger charge is 2.11. The molecule has 0 saturated heterocycles. The molecule has 92 valence electrons. The zero-order valence-electron chi connectivity index (χ0n) is 9.56. The SMILES string of the molecule is O=[N+]([O-])c1ccc(C(O)Cc2ccccn2)cc1. The van der Waals surface area contributed by atoms with Crippen molar-refractivity contribution in [1.29, 1.82) is 0 Å². The van der Waals surface area contributed by atoms with E-state index in [-0.39, 0.29) is 5.69 Å². The summed E-state index contributed by atoms with van der Waals surface area (Å²) >= 11 is 0. The van der Waals surface area contributed by atoms with E-state index in [4.69, 9.17) is 0 Å². The lowest BCUT2D eigenvalue weighted by Crippen LogP contribution is -2.03. The maximum absolute atomic E-state index is 10.5. The first-order chi connectivity index (χ1) is 8.66. The lowest BCUT2D eigenvalue weighted by molar-refractivity contribution is -0.384. The summed E-state index contributed by atoms with van der Waals surface area (Å²) in [6, 6.07) is 11.4. The van der Waals surface area contributed by atoms with E-state index in [0.717, 1.165) is 5.69 Å². The molecule has 18 heavy (non-hydrogen) atoms. The molecule has 0 bridgehead atoms. The van der Waals surface area contributed by atoms with Crippen molar-refractivity contribution in [2.45, 2.75) is 12.5 Å². The molecule has 0 aliphatic carbocycles. The number of aliphatic hydroxyl groups excluding tert-OH is 1. The molecule has 2 rings (SSSR count). The average Bonchev–Trinajstić information content (AvgIpc) is 2.40. The van der Waals surface area contributed by atoms with Crippen molar-refractivity contribution >= 4 is 5.69 Å². The third kappa shape index (κ3) is 2.89. The van der Waals surface area contributed by atoms with Gasteiger partial charge >= 0.3 is 0 Å². The fraction of sp³-hybridized carbons (Fsp3) is 0.154. The summed E-state index contributed by atoms with van der Waals surface area (Å²) in [5.74, 6) is 0. The molecule has 0 fully saturated rings. The minimum atomic E-state index is -0.708. The molecular weight excluding hydrogens is 232 g/mol. The number of non-ortho nitro benzene ring substituents is 1. The lowest BCUT2D eigenvalue weighted by Gasteiger charge is -2.09. The van der Waals surface area contributed by atoms with Crippen LogP contribution >= 0.6 is 0 Å². The van der Waals surface area contributed by atoms with E-state index in [9.17, 15) is 15.2 Å². The van der Waals surface area contributed by atoms with Crippen LogP contribution in [0.3, 0.4) is 0 Å². The van der Waals surface area contributed by atoms with Crippen molar-refractivity contribution in [1.82, 2.24) is 4.98 Å². The molecule has 5 heteroatoms. The number of aliphatic hydroxyl groups is 1. The smallest absolute Gasteiger partial charge is 0.269 e. The number of nitrogens with zero attached hydrogens (tertiary/aromatic N) is 2. The fourth-order valence-electron chi connectivity index (χ4n) is 1.65. The van der Waals surface area contributed by atoms with Gasteiger partial charge in [0.25, 0.3) is 5.69 Å². The highest BCUT2D eigenvalue weighted by Crippen LogP contribution is 2.20. The second-order valence-electron chi connectivity index (χ2n) is 3.89. The van der Waals surface area contributed by atoms with Gasteiger partial charge in [-0.2, -0.15) is 0 Å². The molecule has 0 aliphatic rings. The first kappa shape index (κ1) is 12.2. The molecule has 1 unspecified atom stereocenters. The average molecular weight is 244 g/mol. The topological polar surface area (TPSA) is 76.3 Å². The largest absolute Gasteiger partial charge is 0.388 e. The molecule has 1 heterocycles. The Kier molecular flexibility index (Phi) is 3.64. The van der Waals surface area contributed by atoms with Gasteiger partial charge in [0.15, 0.2) is 0 Å². The Balaban J connectivity index is 2.09. The van der Waals surface area contributed by atoms with Gasteiger partial charge in [0.05, 0.1) is 11.0 Å². The third-order valence-corrected chi connectivity index (χ3v) is 2.62. The summed E-state index contributed by atoms with van der Waals surface area (Å²) in [6.07, 6.45) is 1.34. The van der Waals surface area contributed by atoms with Crippen molar-refractivity contribution in [2.75, 3.05) is 0 Å². The number of pyridine rings is 1. The minimum Gasteiger partial charge on any atom is -0.388 e. The molecule has 0 spiro atoms. The van der Waals surface area contributed by atoms with Gasteiger partial charge in [0.2, 0.25) is 0 Å². The van der Waals surface area contributed by atoms with Crippen molar-refractivity contribution in [2.24, 2.45) is 0 Å². The predicted octanol–water partition coefficient (Wildman–Crippen LogP) is 2.27. The predicted molar refractivity (Wildman–Crippen MR) is 66.0 cm³/mol. The first-order valence-corrected chi connectivity index (χ1v) is 5.49. The van der Waals surface area contributed by atoms with Crippen LogP contribution in [0.25, 0.3) is 0 Å². The first-order valence-electron chi connectivity index (χ1n) is 5.49. The van der Waals surface area contributed by atoms with Crippen LogP contribution < -0.4 is 0 Å². The molecular formula is C13H12N2O3. The van der Waals surface area contributed by atoms with Crippen LogP contribution in [-0.4, -0.2) is 15.0 Å². The lowest BCUT2D eigenvalue weighted by atomic mass is 10.0. The molecule has 1 atom stereocenters. The monoisotopic (exact) mass is 244 g/mol. The Bertz CT molecular complexity index is 526.